The number of hydrogen-bond acceptors (Lipinski definition) is 6. The van der Waals surface area contributed by atoms with E-state index in [1.54, 1.807) is 20.3 Å². The first-order chi connectivity index (χ1) is 13.5. The second-order valence-corrected chi connectivity index (χ2v) is 6.10. The Morgan fingerprint density at radius 3 is 2.61 bits per heavy atom. The number of amides is 1. The average Bonchev–Trinajstić information content (AvgIpc) is 2.70. The highest BCUT2D eigenvalue weighted by Crippen LogP contribution is 2.27. The predicted octanol–water partition coefficient (Wildman–Crippen LogP) is 2.77. The molecule has 0 fully saturated rings. The standard InChI is InChI=1S/C21H24N4O3/c1-14-4-6-17(23)18(10-14)25-13-16(12-22)21(26)24-9-8-15-5-7-19(27-2)20(11-15)28-3/h4-7,10-11,13,25H,8-9,23H2,1-3H3,(H,24,26)/b16-13-. The van der Waals surface area contributed by atoms with Gasteiger partial charge in [-0.15, -0.1) is 0 Å². The Hall–Kier alpha value is -3.66. The third-order valence-corrected chi connectivity index (χ3v) is 4.09. The highest BCUT2D eigenvalue weighted by atomic mass is 16.5. The van der Waals surface area contributed by atoms with E-state index in [2.05, 4.69) is 10.6 Å². The summed E-state index contributed by atoms with van der Waals surface area (Å²) in [4.78, 5) is 12.2. The maximum atomic E-state index is 12.2. The van der Waals surface area contributed by atoms with Crippen LogP contribution < -0.4 is 25.8 Å². The Morgan fingerprint density at radius 2 is 1.93 bits per heavy atom. The minimum atomic E-state index is -0.457. The fraction of sp³-hybridized carbons (Fsp3) is 0.238. The molecule has 2 rings (SSSR count). The van der Waals surface area contributed by atoms with E-state index in [0.717, 1.165) is 11.1 Å². The molecule has 0 saturated heterocycles. The summed E-state index contributed by atoms with van der Waals surface area (Å²) in [7, 11) is 3.15. The molecule has 0 aliphatic rings. The zero-order valence-corrected chi connectivity index (χ0v) is 16.2. The van der Waals surface area contributed by atoms with Crippen molar-refractivity contribution in [1.29, 1.82) is 5.26 Å². The molecule has 0 atom stereocenters. The van der Waals surface area contributed by atoms with E-state index < -0.39 is 5.91 Å². The average molecular weight is 380 g/mol. The van der Waals surface area contributed by atoms with E-state index in [0.29, 0.717) is 35.8 Å². The summed E-state index contributed by atoms with van der Waals surface area (Å²) in [6, 6.07) is 13.0. The number of aryl methyl sites for hydroxylation is 1. The SMILES string of the molecule is COc1ccc(CCNC(=O)/C(C#N)=C\Nc2cc(C)ccc2N)cc1OC. The van der Waals surface area contributed by atoms with E-state index in [1.807, 2.05) is 43.3 Å². The number of benzene rings is 2. The van der Waals surface area contributed by atoms with Crippen molar-refractivity contribution in [1.82, 2.24) is 5.32 Å². The van der Waals surface area contributed by atoms with Gasteiger partial charge in [0.2, 0.25) is 0 Å². The quantitative estimate of drug-likeness (QED) is 0.369. The largest absolute Gasteiger partial charge is 0.493 e. The van der Waals surface area contributed by atoms with Crippen molar-refractivity contribution in [2.75, 3.05) is 31.8 Å². The molecule has 146 valence electrons. The number of nitrogen functional groups attached to an aromatic ring is 1. The van der Waals surface area contributed by atoms with Crippen molar-refractivity contribution in [3.63, 3.8) is 0 Å². The van der Waals surface area contributed by atoms with E-state index in [9.17, 15) is 10.1 Å². The van der Waals surface area contributed by atoms with Crippen molar-refractivity contribution in [2.45, 2.75) is 13.3 Å². The van der Waals surface area contributed by atoms with Crippen LogP contribution in [0.25, 0.3) is 0 Å². The second kappa shape index (κ2) is 9.88. The summed E-state index contributed by atoms with van der Waals surface area (Å²) >= 11 is 0. The van der Waals surface area contributed by atoms with E-state index in [1.165, 1.54) is 6.20 Å². The summed E-state index contributed by atoms with van der Waals surface area (Å²) in [5, 5.41) is 14.9. The normalized spacial score (nSPS) is 10.7. The Labute approximate surface area is 164 Å². The molecule has 4 N–H and O–H groups in total. The first-order valence-electron chi connectivity index (χ1n) is 8.70. The van der Waals surface area contributed by atoms with Crippen LogP contribution in [0.15, 0.2) is 48.2 Å². The molecule has 0 spiro atoms. The lowest BCUT2D eigenvalue weighted by molar-refractivity contribution is -0.117. The first kappa shape index (κ1) is 20.6. The van der Waals surface area contributed by atoms with Gasteiger partial charge in [-0.25, -0.2) is 0 Å². The number of nitrogens with two attached hydrogens (primary N) is 1. The Kier molecular flexibility index (Phi) is 7.28. The molecule has 2 aromatic carbocycles. The lowest BCUT2D eigenvalue weighted by Gasteiger charge is -2.10. The second-order valence-electron chi connectivity index (χ2n) is 6.10. The Morgan fingerprint density at radius 1 is 1.18 bits per heavy atom. The summed E-state index contributed by atoms with van der Waals surface area (Å²) in [5.74, 6) is 0.817. The van der Waals surface area contributed by atoms with Gasteiger partial charge in [0.15, 0.2) is 11.5 Å². The minimum Gasteiger partial charge on any atom is -0.493 e. The molecule has 0 radical (unpaired) electrons. The van der Waals surface area contributed by atoms with Crippen LogP contribution >= 0.6 is 0 Å². The molecule has 0 aliphatic carbocycles. The van der Waals surface area contributed by atoms with Crippen LogP contribution in [0, 0.1) is 18.3 Å². The van der Waals surface area contributed by atoms with E-state index in [4.69, 9.17) is 15.2 Å². The molecule has 0 saturated carbocycles. The molecule has 0 aromatic heterocycles. The van der Waals surface area contributed by atoms with Crippen molar-refractivity contribution >= 4 is 17.3 Å². The van der Waals surface area contributed by atoms with Crippen LogP contribution in [0.1, 0.15) is 11.1 Å². The number of carbonyl (C=O) groups excluding carboxylic acids is 1. The Balaban J connectivity index is 1.95. The van der Waals surface area contributed by atoms with Gasteiger partial charge in [0.25, 0.3) is 5.91 Å². The number of hydrogen-bond donors (Lipinski definition) is 3. The van der Waals surface area contributed by atoms with Gasteiger partial charge in [0.05, 0.1) is 25.6 Å². The van der Waals surface area contributed by atoms with Gasteiger partial charge >= 0.3 is 0 Å². The summed E-state index contributed by atoms with van der Waals surface area (Å²) in [6.45, 7) is 2.31. The first-order valence-corrected chi connectivity index (χ1v) is 8.70. The van der Waals surface area contributed by atoms with Crippen LogP contribution in [0.5, 0.6) is 11.5 Å². The molecule has 0 heterocycles. The van der Waals surface area contributed by atoms with Gasteiger partial charge in [-0.05, 0) is 48.7 Å². The van der Waals surface area contributed by atoms with Crippen LogP contribution in [-0.4, -0.2) is 26.7 Å². The highest BCUT2D eigenvalue weighted by molar-refractivity contribution is 5.97. The number of ether oxygens (including phenoxy) is 2. The summed E-state index contributed by atoms with van der Waals surface area (Å²) in [6.07, 6.45) is 1.94. The fourth-order valence-corrected chi connectivity index (χ4v) is 2.55. The maximum absolute atomic E-state index is 12.2. The van der Waals surface area contributed by atoms with Crippen molar-refractivity contribution < 1.29 is 14.3 Å². The number of rotatable bonds is 8. The van der Waals surface area contributed by atoms with Gasteiger partial charge in [0, 0.05) is 12.7 Å². The van der Waals surface area contributed by atoms with Gasteiger partial charge in [-0.2, -0.15) is 5.26 Å². The van der Waals surface area contributed by atoms with Crippen LogP contribution in [0.3, 0.4) is 0 Å². The Bertz CT molecular complexity index is 916. The van der Waals surface area contributed by atoms with E-state index >= 15 is 0 Å². The fourth-order valence-electron chi connectivity index (χ4n) is 2.55. The third-order valence-electron chi connectivity index (χ3n) is 4.09. The lowest BCUT2D eigenvalue weighted by atomic mass is 10.1. The molecule has 1 amide bonds. The summed E-state index contributed by atoms with van der Waals surface area (Å²) < 4.78 is 10.5. The van der Waals surface area contributed by atoms with Crippen LogP contribution in [0.2, 0.25) is 0 Å². The monoisotopic (exact) mass is 380 g/mol. The smallest absolute Gasteiger partial charge is 0.263 e. The van der Waals surface area contributed by atoms with Crippen molar-refractivity contribution in [3.8, 4) is 17.6 Å². The number of methoxy groups -OCH3 is 2. The van der Waals surface area contributed by atoms with Crippen LogP contribution in [0.4, 0.5) is 11.4 Å². The molecule has 28 heavy (non-hydrogen) atoms. The zero-order valence-electron chi connectivity index (χ0n) is 16.2. The summed E-state index contributed by atoms with van der Waals surface area (Å²) in [5.41, 5.74) is 9.03. The number of nitriles is 1. The number of nitrogens with zero attached hydrogens (tertiary/aromatic N) is 1. The highest BCUT2D eigenvalue weighted by Gasteiger charge is 2.10. The molecule has 0 unspecified atom stereocenters. The van der Waals surface area contributed by atoms with Gasteiger partial charge in [-0.1, -0.05) is 12.1 Å². The van der Waals surface area contributed by atoms with Gasteiger partial charge in [-0.3, -0.25) is 4.79 Å². The molecular weight excluding hydrogens is 356 g/mol. The number of nitrogens with one attached hydrogen (secondary N) is 2. The van der Waals surface area contributed by atoms with E-state index in [-0.39, 0.29) is 5.57 Å². The number of anilines is 2. The molecule has 0 aliphatic heterocycles. The third kappa shape index (κ3) is 5.42. The molecule has 7 heteroatoms. The molecule has 7 nitrogen and oxygen atoms in total. The van der Waals surface area contributed by atoms with Crippen molar-refractivity contribution in [3.05, 3.63) is 59.3 Å². The molecule has 2 aromatic rings. The number of carbonyl (C=O) groups is 1. The van der Waals surface area contributed by atoms with Gasteiger partial charge < -0.3 is 25.8 Å². The maximum Gasteiger partial charge on any atom is 0.263 e. The minimum absolute atomic E-state index is 0.0341. The predicted molar refractivity (Wildman–Crippen MR) is 109 cm³/mol. The molecule has 0 bridgehead atoms. The van der Waals surface area contributed by atoms with Gasteiger partial charge in [0.1, 0.15) is 11.6 Å². The van der Waals surface area contributed by atoms with Crippen molar-refractivity contribution in [2.24, 2.45) is 0 Å². The lowest BCUT2D eigenvalue weighted by Crippen LogP contribution is -2.27. The van der Waals surface area contributed by atoms with Crippen LogP contribution in [-0.2, 0) is 11.2 Å². The topological polar surface area (TPSA) is 109 Å². The molecular formula is C21H24N4O3. The zero-order chi connectivity index (χ0) is 20.5.